The molecule has 2 aromatic carbocycles. The Morgan fingerprint density at radius 1 is 0.905 bits per heavy atom. The first-order chi connectivity index (χ1) is 10.2. The molecule has 1 aromatic heterocycles. The van der Waals surface area contributed by atoms with Gasteiger partial charge < -0.3 is 5.73 Å². The summed E-state index contributed by atoms with van der Waals surface area (Å²) in [5.41, 5.74) is 12.3. The number of anilines is 1. The van der Waals surface area contributed by atoms with Crippen molar-refractivity contribution in [3.63, 3.8) is 0 Å². The Bertz CT molecular complexity index is 794. The Labute approximate surface area is 124 Å². The summed E-state index contributed by atoms with van der Waals surface area (Å²) < 4.78 is 0. The zero-order valence-corrected chi connectivity index (χ0v) is 12.4. The van der Waals surface area contributed by atoms with Crippen molar-refractivity contribution in [1.82, 2.24) is 9.97 Å². The summed E-state index contributed by atoms with van der Waals surface area (Å²) in [6.07, 6.45) is 1.95. The van der Waals surface area contributed by atoms with E-state index in [0.29, 0.717) is 5.82 Å². The van der Waals surface area contributed by atoms with E-state index in [2.05, 4.69) is 37.0 Å². The Balaban J connectivity index is 2.26. The molecule has 0 radical (unpaired) electrons. The molecule has 0 unspecified atom stereocenters. The third-order valence-electron chi connectivity index (χ3n) is 3.82. The van der Waals surface area contributed by atoms with Gasteiger partial charge in [0.2, 0.25) is 0 Å². The summed E-state index contributed by atoms with van der Waals surface area (Å²) >= 11 is 0. The van der Waals surface area contributed by atoms with Crippen LogP contribution in [0.5, 0.6) is 0 Å². The van der Waals surface area contributed by atoms with E-state index in [1.54, 1.807) is 0 Å². The predicted molar refractivity (Wildman–Crippen MR) is 88.1 cm³/mol. The van der Waals surface area contributed by atoms with E-state index < -0.39 is 0 Å². The van der Waals surface area contributed by atoms with Crippen LogP contribution in [0, 0.1) is 0 Å². The first kappa shape index (κ1) is 13.6. The third kappa shape index (κ3) is 2.47. The molecule has 0 aliphatic heterocycles. The maximum absolute atomic E-state index is 6.16. The van der Waals surface area contributed by atoms with E-state index in [1.807, 2.05) is 24.3 Å². The van der Waals surface area contributed by atoms with Crippen molar-refractivity contribution in [2.45, 2.75) is 26.7 Å². The minimum absolute atomic E-state index is 0.497. The molecule has 1 heterocycles. The van der Waals surface area contributed by atoms with Crippen LogP contribution in [-0.2, 0) is 12.8 Å². The van der Waals surface area contributed by atoms with E-state index in [9.17, 15) is 0 Å². The number of fused-ring (bicyclic) bond motifs is 1. The highest BCUT2D eigenvalue weighted by Gasteiger charge is 2.12. The number of nitrogen functional groups attached to an aromatic ring is 1. The predicted octanol–water partition coefficient (Wildman–Crippen LogP) is 4.00. The molecule has 3 rings (SSSR count). The molecule has 3 aromatic rings. The van der Waals surface area contributed by atoms with E-state index >= 15 is 0 Å². The third-order valence-corrected chi connectivity index (χ3v) is 3.82. The number of para-hydroxylation sites is 2. The Morgan fingerprint density at radius 3 is 2.29 bits per heavy atom. The van der Waals surface area contributed by atoms with Crippen molar-refractivity contribution in [1.29, 1.82) is 0 Å². The quantitative estimate of drug-likeness (QED) is 0.787. The zero-order chi connectivity index (χ0) is 14.8. The van der Waals surface area contributed by atoms with Crippen molar-refractivity contribution < 1.29 is 0 Å². The molecule has 0 saturated heterocycles. The van der Waals surface area contributed by atoms with Gasteiger partial charge in [0.1, 0.15) is 5.69 Å². The summed E-state index contributed by atoms with van der Waals surface area (Å²) in [5, 5.41) is 0. The number of hydrogen-bond acceptors (Lipinski definition) is 3. The van der Waals surface area contributed by atoms with Gasteiger partial charge in [-0.3, -0.25) is 0 Å². The maximum atomic E-state index is 6.16. The molecule has 21 heavy (non-hydrogen) atoms. The molecular weight excluding hydrogens is 258 g/mol. The summed E-state index contributed by atoms with van der Waals surface area (Å²) in [6.45, 7) is 4.30. The average Bonchev–Trinajstić information content (AvgIpc) is 2.53. The first-order valence-corrected chi connectivity index (χ1v) is 7.37. The highest BCUT2D eigenvalue weighted by atomic mass is 14.9. The molecular formula is C18H19N3. The minimum Gasteiger partial charge on any atom is -0.382 e. The number of aromatic nitrogens is 2. The van der Waals surface area contributed by atoms with E-state index in [4.69, 9.17) is 10.7 Å². The lowest BCUT2D eigenvalue weighted by Crippen LogP contribution is -2.01. The molecule has 0 spiro atoms. The van der Waals surface area contributed by atoms with Crippen LogP contribution < -0.4 is 5.73 Å². The lowest BCUT2D eigenvalue weighted by molar-refractivity contribution is 1.10. The second-order valence-corrected chi connectivity index (χ2v) is 5.14. The van der Waals surface area contributed by atoms with Crippen LogP contribution in [0.1, 0.15) is 25.0 Å². The molecule has 0 fully saturated rings. The van der Waals surface area contributed by atoms with Crippen LogP contribution in [0.2, 0.25) is 0 Å². The fraction of sp³-hybridized carbons (Fsp3) is 0.222. The maximum Gasteiger partial charge on any atom is 0.150 e. The molecule has 0 aliphatic rings. The first-order valence-electron chi connectivity index (χ1n) is 7.37. The van der Waals surface area contributed by atoms with Gasteiger partial charge in [-0.25, -0.2) is 9.97 Å². The van der Waals surface area contributed by atoms with Gasteiger partial charge in [0, 0.05) is 5.56 Å². The van der Waals surface area contributed by atoms with Gasteiger partial charge in [0.25, 0.3) is 0 Å². The van der Waals surface area contributed by atoms with Gasteiger partial charge >= 0.3 is 0 Å². The molecule has 3 nitrogen and oxygen atoms in total. The normalized spacial score (nSPS) is 11.0. The van der Waals surface area contributed by atoms with Gasteiger partial charge in [-0.1, -0.05) is 38.1 Å². The summed E-state index contributed by atoms with van der Waals surface area (Å²) in [5.74, 6) is 0.497. The highest BCUT2D eigenvalue weighted by Crippen LogP contribution is 2.29. The minimum atomic E-state index is 0.497. The highest BCUT2D eigenvalue weighted by molar-refractivity contribution is 5.83. The van der Waals surface area contributed by atoms with Crippen LogP contribution in [0.15, 0.2) is 42.5 Å². The fourth-order valence-electron chi connectivity index (χ4n) is 2.58. The van der Waals surface area contributed by atoms with Crippen LogP contribution >= 0.6 is 0 Å². The smallest absolute Gasteiger partial charge is 0.150 e. The lowest BCUT2D eigenvalue weighted by Gasteiger charge is -2.12. The van der Waals surface area contributed by atoms with Crippen molar-refractivity contribution >= 4 is 16.9 Å². The molecule has 0 bridgehead atoms. The monoisotopic (exact) mass is 277 g/mol. The van der Waals surface area contributed by atoms with Gasteiger partial charge in [0.05, 0.1) is 11.0 Å². The Hall–Kier alpha value is -2.42. The topological polar surface area (TPSA) is 51.8 Å². The Morgan fingerprint density at radius 2 is 1.62 bits per heavy atom. The van der Waals surface area contributed by atoms with Crippen molar-refractivity contribution in [3.05, 3.63) is 53.6 Å². The van der Waals surface area contributed by atoms with Gasteiger partial charge in [-0.15, -0.1) is 0 Å². The number of benzene rings is 2. The second-order valence-electron chi connectivity index (χ2n) is 5.14. The average molecular weight is 277 g/mol. The Kier molecular flexibility index (Phi) is 3.57. The van der Waals surface area contributed by atoms with Crippen LogP contribution in [0.3, 0.4) is 0 Å². The van der Waals surface area contributed by atoms with Gasteiger partial charge in [-0.2, -0.15) is 0 Å². The summed E-state index contributed by atoms with van der Waals surface area (Å²) in [6, 6.07) is 14.4. The second kappa shape index (κ2) is 5.52. The van der Waals surface area contributed by atoms with Crippen molar-refractivity contribution in [2.75, 3.05) is 5.73 Å². The summed E-state index contributed by atoms with van der Waals surface area (Å²) in [7, 11) is 0. The SMILES string of the molecule is CCc1ccc(CC)c(-c2nc3ccccc3nc2N)c1. The number of hydrogen-bond donors (Lipinski definition) is 1. The molecule has 0 aliphatic carbocycles. The summed E-state index contributed by atoms with van der Waals surface area (Å²) in [4.78, 5) is 9.24. The number of nitrogens with zero attached hydrogens (tertiary/aromatic N) is 2. The number of rotatable bonds is 3. The molecule has 0 atom stereocenters. The molecule has 3 heteroatoms. The van der Waals surface area contributed by atoms with Crippen LogP contribution in [0.4, 0.5) is 5.82 Å². The van der Waals surface area contributed by atoms with E-state index in [0.717, 1.165) is 35.1 Å². The van der Waals surface area contributed by atoms with Crippen molar-refractivity contribution in [2.24, 2.45) is 0 Å². The number of nitrogens with two attached hydrogens (primary N) is 1. The van der Waals surface area contributed by atoms with E-state index in [1.165, 1.54) is 11.1 Å². The van der Waals surface area contributed by atoms with Gasteiger partial charge in [0.15, 0.2) is 5.82 Å². The van der Waals surface area contributed by atoms with Gasteiger partial charge in [-0.05, 0) is 42.2 Å². The zero-order valence-electron chi connectivity index (χ0n) is 12.4. The van der Waals surface area contributed by atoms with Crippen molar-refractivity contribution in [3.8, 4) is 11.3 Å². The molecule has 0 saturated carbocycles. The lowest BCUT2D eigenvalue weighted by atomic mass is 9.98. The standard InChI is InChI=1S/C18H19N3/c1-3-12-9-10-13(4-2)14(11-12)17-18(19)21-16-8-6-5-7-15(16)20-17/h5-11H,3-4H2,1-2H3,(H2,19,21). The molecule has 2 N–H and O–H groups in total. The largest absolute Gasteiger partial charge is 0.382 e. The fourth-order valence-corrected chi connectivity index (χ4v) is 2.58. The molecule has 0 amide bonds. The number of aryl methyl sites for hydroxylation is 2. The van der Waals surface area contributed by atoms with E-state index in [-0.39, 0.29) is 0 Å². The molecule has 106 valence electrons. The van der Waals surface area contributed by atoms with Crippen LogP contribution in [-0.4, -0.2) is 9.97 Å². The van der Waals surface area contributed by atoms with Crippen LogP contribution in [0.25, 0.3) is 22.3 Å².